The van der Waals surface area contributed by atoms with Gasteiger partial charge in [0.15, 0.2) is 5.65 Å². The summed E-state index contributed by atoms with van der Waals surface area (Å²) in [7, 11) is 0. The summed E-state index contributed by atoms with van der Waals surface area (Å²) in [6, 6.07) is 21.3. The van der Waals surface area contributed by atoms with Gasteiger partial charge in [0, 0.05) is 11.8 Å². The van der Waals surface area contributed by atoms with Crippen LogP contribution in [0.25, 0.3) is 27.8 Å². The molecule has 4 rings (SSSR count). The fourth-order valence-electron chi connectivity index (χ4n) is 2.54. The third-order valence-corrected chi connectivity index (χ3v) is 3.66. The van der Waals surface area contributed by atoms with Gasteiger partial charge >= 0.3 is 0 Å². The minimum Gasteiger partial charge on any atom is -0.274 e. The Kier molecular flexibility index (Phi) is 2.86. The first-order chi connectivity index (χ1) is 10.8. The van der Waals surface area contributed by atoms with Gasteiger partial charge in [0.05, 0.1) is 11.1 Å². The van der Waals surface area contributed by atoms with E-state index in [0.717, 1.165) is 16.8 Å². The number of aromatic amines is 1. The van der Waals surface area contributed by atoms with Crippen LogP contribution in [0, 0.1) is 0 Å². The number of fused-ring (bicyclic) bond motifs is 1. The minimum absolute atomic E-state index is 0.0912. The molecular weight excluding hydrogens is 274 g/mol. The van der Waals surface area contributed by atoms with Crippen LogP contribution < -0.4 is 5.56 Å². The molecule has 2 aromatic carbocycles. The predicted molar refractivity (Wildman–Crippen MR) is 87.1 cm³/mol. The summed E-state index contributed by atoms with van der Waals surface area (Å²) >= 11 is 0. The van der Waals surface area contributed by atoms with Crippen molar-refractivity contribution in [2.45, 2.75) is 0 Å². The Balaban J connectivity index is 1.91. The zero-order valence-corrected chi connectivity index (χ0v) is 11.7. The van der Waals surface area contributed by atoms with Crippen molar-refractivity contribution in [3.8, 4) is 16.8 Å². The Hall–Kier alpha value is -3.14. The van der Waals surface area contributed by atoms with E-state index in [1.165, 1.54) is 4.68 Å². The highest BCUT2D eigenvalue weighted by molar-refractivity contribution is 5.80. The van der Waals surface area contributed by atoms with Gasteiger partial charge in [0.2, 0.25) is 0 Å². The second-order valence-corrected chi connectivity index (χ2v) is 5.07. The van der Waals surface area contributed by atoms with Gasteiger partial charge in [0.1, 0.15) is 0 Å². The first-order valence-electron chi connectivity index (χ1n) is 7.04. The van der Waals surface area contributed by atoms with Crippen LogP contribution in [0.5, 0.6) is 0 Å². The lowest BCUT2D eigenvalue weighted by atomic mass is 10.1. The van der Waals surface area contributed by atoms with Crippen molar-refractivity contribution in [2.24, 2.45) is 0 Å². The molecule has 0 aliphatic carbocycles. The summed E-state index contributed by atoms with van der Waals surface area (Å²) in [6.07, 6.45) is 1.78. The number of hydrogen-bond donors (Lipinski definition) is 1. The average Bonchev–Trinajstić information content (AvgIpc) is 2.93. The largest absolute Gasteiger partial charge is 0.280 e. The molecular formula is C18H13N3O. The number of aromatic nitrogens is 3. The zero-order chi connectivity index (χ0) is 14.9. The molecule has 0 saturated carbocycles. The van der Waals surface area contributed by atoms with E-state index < -0.39 is 0 Å². The van der Waals surface area contributed by atoms with Crippen LogP contribution in [0.2, 0.25) is 0 Å². The molecule has 106 valence electrons. The monoisotopic (exact) mass is 287 g/mol. The molecule has 22 heavy (non-hydrogen) atoms. The molecule has 0 unspecified atom stereocenters. The quantitative estimate of drug-likeness (QED) is 0.614. The molecule has 0 radical (unpaired) electrons. The van der Waals surface area contributed by atoms with Gasteiger partial charge in [-0.2, -0.15) is 0 Å². The van der Waals surface area contributed by atoms with E-state index in [0.29, 0.717) is 11.0 Å². The second kappa shape index (κ2) is 5.00. The highest BCUT2D eigenvalue weighted by atomic mass is 16.1. The first-order valence-corrected chi connectivity index (χ1v) is 7.04. The van der Waals surface area contributed by atoms with Crippen LogP contribution in [-0.4, -0.2) is 14.8 Å². The number of nitrogens with zero attached hydrogens (tertiary/aromatic N) is 2. The smallest absolute Gasteiger partial charge is 0.274 e. The molecule has 0 aliphatic heterocycles. The highest BCUT2D eigenvalue weighted by Crippen LogP contribution is 2.20. The Bertz CT molecular complexity index is 985. The topological polar surface area (TPSA) is 50.7 Å². The fraction of sp³-hybridized carbons (Fsp3) is 0. The molecule has 0 aliphatic rings. The lowest BCUT2D eigenvalue weighted by Crippen LogP contribution is -2.13. The third-order valence-electron chi connectivity index (χ3n) is 3.66. The van der Waals surface area contributed by atoms with E-state index in [2.05, 4.69) is 10.1 Å². The van der Waals surface area contributed by atoms with Gasteiger partial charge in [-0.05, 0) is 23.8 Å². The van der Waals surface area contributed by atoms with Crippen LogP contribution in [0.3, 0.4) is 0 Å². The normalized spacial score (nSPS) is 10.9. The van der Waals surface area contributed by atoms with Gasteiger partial charge in [0.25, 0.3) is 5.56 Å². The Morgan fingerprint density at radius 3 is 2.27 bits per heavy atom. The number of para-hydroxylation sites is 1. The summed E-state index contributed by atoms with van der Waals surface area (Å²) < 4.78 is 1.52. The van der Waals surface area contributed by atoms with E-state index in [1.54, 1.807) is 6.20 Å². The van der Waals surface area contributed by atoms with Crippen LogP contribution in [0.1, 0.15) is 0 Å². The van der Waals surface area contributed by atoms with Crippen molar-refractivity contribution in [3.05, 3.63) is 83.3 Å². The van der Waals surface area contributed by atoms with E-state index in [1.807, 2.05) is 66.7 Å². The lowest BCUT2D eigenvalue weighted by molar-refractivity contribution is 0.858. The number of nitrogens with one attached hydrogen (secondary N) is 1. The van der Waals surface area contributed by atoms with Crippen molar-refractivity contribution in [1.29, 1.82) is 0 Å². The summed E-state index contributed by atoms with van der Waals surface area (Å²) in [5, 5.41) is 3.64. The molecule has 0 atom stereocenters. The number of rotatable bonds is 2. The van der Waals surface area contributed by atoms with E-state index >= 15 is 0 Å². The summed E-state index contributed by atoms with van der Waals surface area (Å²) in [6.45, 7) is 0. The lowest BCUT2D eigenvalue weighted by Gasteiger charge is -1.99. The molecule has 0 bridgehead atoms. The Morgan fingerprint density at radius 1 is 0.864 bits per heavy atom. The zero-order valence-electron chi connectivity index (χ0n) is 11.7. The maximum absolute atomic E-state index is 12.6. The summed E-state index contributed by atoms with van der Waals surface area (Å²) in [5.41, 5.74) is 3.28. The first kappa shape index (κ1) is 12.6. The average molecular weight is 287 g/mol. The maximum Gasteiger partial charge on any atom is 0.280 e. The van der Waals surface area contributed by atoms with Crippen molar-refractivity contribution in [3.63, 3.8) is 0 Å². The Labute approximate surface area is 126 Å². The fourth-order valence-corrected chi connectivity index (χ4v) is 2.54. The number of benzene rings is 2. The SMILES string of the molecule is O=c1c2cc(-c3ccccc3)cnc2[nH]n1-c1ccccc1. The van der Waals surface area contributed by atoms with Crippen LogP contribution in [0.15, 0.2) is 77.7 Å². The molecule has 4 aromatic rings. The summed E-state index contributed by atoms with van der Waals surface area (Å²) in [4.78, 5) is 17.0. The number of hydrogen-bond acceptors (Lipinski definition) is 2. The van der Waals surface area contributed by atoms with Crippen molar-refractivity contribution >= 4 is 11.0 Å². The van der Waals surface area contributed by atoms with Gasteiger partial charge in [-0.3, -0.25) is 9.89 Å². The molecule has 0 saturated heterocycles. The van der Waals surface area contributed by atoms with Crippen molar-refractivity contribution in [1.82, 2.24) is 14.8 Å². The van der Waals surface area contributed by atoms with Gasteiger partial charge in [-0.15, -0.1) is 0 Å². The minimum atomic E-state index is -0.0912. The number of pyridine rings is 1. The van der Waals surface area contributed by atoms with Crippen LogP contribution in [0.4, 0.5) is 0 Å². The summed E-state index contributed by atoms with van der Waals surface area (Å²) in [5.74, 6) is 0. The molecule has 2 aromatic heterocycles. The standard InChI is InChI=1S/C18H13N3O/c22-18-16-11-14(13-7-3-1-4-8-13)12-19-17(16)20-21(18)15-9-5-2-6-10-15/h1-12H,(H,19,20). The van der Waals surface area contributed by atoms with E-state index in [9.17, 15) is 4.79 Å². The second-order valence-electron chi connectivity index (χ2n) is 5.07. The van der Waals surface area contributed by atoms with E-state index in [-0.39, 0.29) is 5.56 Å². The van der Waals surface area contributed by atoms with Crippen LogP contribution in [-0.2, 0) is 0 Å². The molecule has 0 spiro atoms. The Morgan fingerprint density at radius 2 is 1.55 bits per heavy atom. The highest BCUT2D eigenvalue weighted by Gasteiger charge is 2.10. The third kappa shape index (κ3) is 2.02. The van der Waals surface area contributed by atoms with Gasteiger partial charge < -0.3 is 0 Å². The van der Waals surface area contributed by atoms with Crippen molar-refractivity contribution in [2.75, 3.05) is 0 Å². The van der Waals surface area contributed by atoms with Crippen LogP contribution >= 0.6 is 0 Å². The molecule has 4 nitrogen and oxygen atoms in total. The molecule has 4 heteroatoms. The number of H-pyrrole nitrogens is 1. The molecule has 1 N–H and O–H groups in total. The maximum atomic E-state index is 12.6. The van der Waals surface area contributed by atoms with E-state index in [4.69, 9.17) is 0 Å². The molecule has 0 amide bonds. The van der Waals surface area contributed by atoms with Crippen molar-refractivity contribution < 1.29 is 0 Å². The molecule has 2 heterocycles. The van der Waals surface area contributed by atoms with Gasteiger partial charge in [-0.1, -0.05) is 48.5 Å². The van der Waals surface area contributed by atoms with Gasteiger partial charge in [-0.25, -0.2) is 9.67 Å². The molecule has 0 fully saturated rings. The predicted octanol–water partition coefficient (Wildman–Crippen LogP) is 3.38.